The lowest BCUT2D eigenvalue weighted by Crippen LogP contribution is -1.91. The second-order valence-corrected chi connectivity index (χ2v) is 2.27. The van der Waals surface area contributed by atoms with Crippen molar-refractivity contribution in [1.29, 1.82) is 0 Å². The van der Waals surface area contributed by atoms with E-state index in [-0.39, 0.29) is 5.82 Å². The molecular formula is C8H10FN. The molecule has 10 heavy (non-hydrogen) atoms. The van der Waals surface area contributed by atoms with Gasteiger partial charge in [-0.25, -0.2) is 4.39 Å². The van der Waals surface area contributed by atoms with Crippen LogP contribution < -0.4 is 0 Å². The molecule has 0 bridgehead atoms. The van der Waals surface area contributed by atoms with Crippen LogP contribution in [-0.4, -0.2) is 4.98 Å². The van der Waals surface area contributed by atoms with E-state index in [0.717, 1.165) is 17.7 Å². The summed E-state index contributed by atoms with van der Waals surface area (Å²) in [7, 11) is 0. The first-order valence-electron chi connectivity index (χ1n) is 3.35. The van der Waals surface area contributed by atoms with Gasteiger partial charge in [-0.05, 0) is 25.0 Å². The van der Waals surface area contributed by atoms with Crippen molar-refractivity contribution in [2.45, 2.75) is 20.3 Å². The van der Waals surface area contributed by atoms with Crippen molar-refractivity contribution < 1.29 is 4.39 Å². The fourth-order valence-electron chi connectivity index (χ4n) is 0.939. The zero-order chi connectivity index (χ0) is 7.56. The van der Waals surface area contributed by atoms with Crippen LogP contribution in [0.3, 0.4) is 0 Å². The molecule has 0 aliphatic carbocycles. The summed E-state index contributed by atoms with van der Waals surface area (Å²) in [6.07, 6.45) is 2.12. The van der Waals surface area contributed by atoms with E-state index in [2.05, 4.69) is 4.98 Å². The van der Waals surface area contributed by atoms with Gasteiger partial charge in [-0.2, -0.15) is 0 Å². The van der Waals surface area contributed by atoms with E-state index in [1.165, 1.54) is 12.3 Å². The average molecular weight is 139 g/mol. The SMILES string of the molecule is CCc1ncc(F)cc1C. The summed E-state index contributed by atoms with van der Waals surface area (Å²) in [4.78, 5) is 3.92. The minimum atomic E-state index is -0.255. The Morgan fingerprint density at radius 1 is 1.60 bits per heavy atom. The number of hydrogen-bond acceptors (Lipinski definition) is 1. The number of pyridine rings is 1. The molecule has 1 aromatic heterocycles. The lowest BCUT2D eigenvalue weighted by molar-refractivity contribution is 0.617. The molecule has 0 amide bonds. The Morgan fingerprint density at radius 3 is 2.80 bits per heavy atom. The number of hydrogen-bond donors (Lipinski definition) is 0. The lowest BCUT2D eigenvalue weighted by atomic mass is 10.2. The highest BCUT2D eigenvalue weighted by atomic mass is 19.1. The summed E-state index contributed by atoms with van der Waals surface area (Å²) in [6.45, 7) is 3.88. The summed E-state index contributed by atoms with van der Waals surface area (Å²) in [5.41, 5.74) is 1.91. The third-order valence-corrected chi connectivity index (χ3v) is 1.49. The molecule has 0 aliphatic heterocycles. The minimum Gasteiger partial charge on any atom is -0.258 e. The van der Waals surface area contributed by atoms with Crippen LogP contribution in [0, 0.1) is 12.7 Å². The Morgan fingerprint density at radius 2 is 2.30 bits per heavy atom. The van der Waals surface area contributed by atoms with Crippen LogP contribution in [0.4, 0.5) is 4.39 Å². The number of aryl methyl sites for hydroxylation is 2. The fourth-order valence-corrected chi connectivity index (χ4v) is 0.939. The van der Waals surface area contributed by atoms with E-state index in [9.17, 15) is 4.39 Å². The zero-order valence-corrected chi connectivity index (χ0v) is 6.19. The van der Waals surface area contributed by atoms with Gasteiger partial charge in [0.25, 0.3) is 0 Å². The molecule has 0 unspecified atom stereocenters. The summed E-state index contributed by atoms with van der Waals surface area (Å²) in [6, 6.07) is 1.51. The van der Waals surface area contributed by atoms with Crippen LogP contribution >= 0.6 is 0 Å². The molecule has 1 nitrogen and oxygen atoms in total. The van der Waals surface area contributed by atoms with Gasteiger partial charge in [-0.3, -0.25) is 4.98 Å². The van der Waals surface area contributed by atoms with Gasteiger partial charge in [-0.15, -0.1) is 0 Å². The van der Waals surface area contributed by atoms with Gasteiger partial charge >= 0.3 is 0 Å². The zero-order valence-electron chi connectivity index (χ0n) is 6.19. The molecule has 0 saturated carbocycles. The molecule has 0 saturated heterocycles. The predicted molar refractivity (Wildman–Crippen MR) is 38.3 cm³/mol. The number of rotatable bonds is 1. The summed E-state index contributed by atoms with van der Waals surface area (Å²) >= 11 is 0. The maximum Gasteiger partial charge on any atom is 0.141 e. The Balaban J connectivity index is 3.07. The summed E-state index contributed by atoms with van der Waals surface area (Å²) in [5, 5.41) is 0. The summed E-state index contributed by atoms with van der Waals surface area (Å²) in [5.74, 6) is -0.255. The van der Waals surface area contributed by atoms with Gasteiger partial charge in [0.05, 0.1) is 6.20 Å². The maximum atomic E-state index is 12.4. The Hall–Kier alpha value is -0.920. The largest absolute Gasteiger partial charge is 0.258 e. The first kappa shape index (κ1) is 7.19. The van der Waals surface area contributed by atoms with Crippen LogP contribution in [0.1, 0.15) is 18.2 Å². The standard InChI is InChI=1S/C8H10FN/c1-3-8-6(2)4-7(9)5-10-8/h4-5H,3H2,1-2H3. The van der Waals surface area contributed by atoms with Crippen molar-refractivity contribution in [3.8, 4) is 0 Å². The predicted octanol–water partition coefficient (Wildman–Crippen LogP) is 2.09. The van der Waals surface area contributed by atoms with Crippen molar-refractivity contribution in [3.05, 3.63) is 29.3 Å². The third-order valence-electron chi connectivity index (χ3n) is 1.49. The van der Waals surface area contributed by atoms with Crippen molar-refractivity contribution in [2.24, 2.45) is 0 Å². The highest BCUT2D eigenvalue weighted by Gasteiger charge is 1.97. The van der Waals surface area contributed by atoms with E-state index in [4.69, 9.17) is 0 Å². The molecule has 1 heterocycles. The van der Waals surface area contributed by atoms with Crippen LogP contribution in [0.25, 0.3) is 0 Å². The smallest absolute Gasteiger partial charge is 0.141 e. The van der Waals surface area contributed by atoms with Gasteiger partial charge in [-0.1, -0.05) is 6.92 Å². The summed E-state index contributed by atoms with van der Waals surface area (Å²) < 4.78 is 12.4. The Bertz CT molecular complexity index is 233. The number of halogens is 1. The third kappa shape index (κ3) is 1.32. The highest BCUT2D eigenvalue weighted by Crippen LogP contribution is 2.05. The molecule has 54 valence electrons. The molecule has 1 rings (SSSR count). The molecule has 0 fully saturated rings. The quantitative estimate of drug-likeness (QED) is 0.580. The van der Waals surface area contributed by atoms with Crippen LogP contribution in [-0.2, 0) is 6.42 Å². The minimum absolute atomic E-state index is 0.255. The Kier molecular flexibility index (Phi) is 2.00. The first-order chi connectivity index (χ1) is 4.74. The van der Waals surface area contributed by atoms with Crippen LogP contribution in [0.5, 0.6) is 0 Å². The Labute approximate surface area is 59.9 Å². The maximum absolute atomic E-state index is 12.4. The first-order valence-corrected chi connectivity index (χ1v) is 3.35. The van der Waals surface area contributed by atoms with Gasteiger partial charge in [0.15, 0.2) is 0 Å². The molecule has 2 heteroatoms. The normalized spacial score (nSPS) is 9.90. The van der Waals surface area contributed by atoms with Gasteiger partial charge in [0, 0.05) is 5.69 Å². The van der Waals surface area contributed by atoms with Crippen molar-refractivity contribution >= 4 is 0 Å². The van der Waals surface area contributed by atoms with E-state index in [0.29, 0.717) is 0 Å². The number of nitrogens with zero attached hydrogens (tertiary/aromatic N) is 1. The molecule has 0 atom stereocenters. The topological polar surface area (TPSA) is 12.9 Å². The molecule has 0 radical (unpaired) electrons. The molecule has 0 aromatic carbocycles. The van der Waals surface area contributed by atoms with Gasteiger partial charge in [0.1, 0.15) is 5.82 Å². The fraction of sp³-hybridized carbons (Fsp3) is 0.375. The molecule has 0 N–H and O–H groups in total. The van der Waals surface area contributed by atoms with Crippen molar-refractivity contribution in [1.82, 2.24) is 4.98 Å². The second-order valence-electron chi connectivity index (χ2n) is 2.27. The monoisotopic (exact) mass is 139 g/mol. The van der Waals surface area contributed by atoms with E-state index in [1.54, 1.807) is 0 Å². The molecule has 1 aromatic rings. The molecule has 0 aliphatic rings. The van der Waals surface area contributed by atoms with E-state index < -0.39 is 0 Å². The van der Waals surface area contributed by atoms with Crippen molar-refractivity contribution in [2.75, 3.05) is 0 Å². The number of aromatic nitrogens is 1. The second kappa shape index (κ2) is 2.78. The van der Waals surface area contributed by atoms with E-state index in [1.807, 2.05) is 13.8 Å². The van der Waals surface area contributed by atoms with Gasteiger partial charge in [0.2, 0.25) is 0 Å². The molecule has 0 spiro atoms. The highest BCUT2D eigenvalue weighted by molar-refractivity contribution is 5.18. The van der Waals surface area contributed by atoms with Gasteiger partial charge < -0.3 is 0 Å². The van der Waals surface area contributed by atoms with Crippen LogP contribution in [0.15, 0.2) is 12.3 Å². The lowest BCUT2D eigenvalue weighted by Gasteiger charge is -1.99. The van der Waals surface area contributed by atoms with E-state index >= 15 is 0 Å². The van der Waals surface area contributed by atoms with Crippen molar-refractivity contribution in [3.63, 3.8) is 0 Å². The van der Waals surface area contributed by atoms with Crippen LogP contribution in [0.2, 0.25) is 0 Å². The average Bonchev–Trinajstić information content (AvgIpc) is 1.88. The molecular weight excluding hydrogens is 129 g/mol.